The molecule has 0 aliphatic rings. The van der Waals surface area contributed by atoms with E-state index in [1.54, 1.807) is 45.0 Å². The van der Waals surface area contributed by atoms with Gasteiger partial charge in [0, 0.05) is 5.69 Å². The van der Waals surface area contributed by atoms with Crippen molar-refractivity contribution >= 4 is 23.3 Å². The average Bonchev–Trinajstić information content (AvgIpc) is 2.41. The molecule has 22 heavy (non-hydrogen) atoms. The quantitative estimate of drug-likeness (QED) is 0.886. The lowest BCUT2D eigenvalue weighted by Gasteiger charge is -2.19. The lowest BCUT2D eigenvalue weighted by molar-refractivity contribution is 0.0636. The molecule has 2 aromatic rings. The summed E-state index contributed by atoms with van der Waals surface area (Å²) in [6.07, 6.45) is 0.976. The first-order valence-corrected chi connectivity index (χ1v) is 6.80. The molecule has 2 N–H and O–H groups in total. The van der Waals surface area contributed by atoms with E-state index in [0.717, 1.165) is 5.69 Å². The molecule has 0 radical (unpaired) electrons. The van der Waals surface area contributed by atoms with E-state index in [1.165, 1.54) is 18.3 Å². The van der Waals surface area contributed by atoms with Gasteiger partial charge in [0.2, 0.25) is 0 Å². The van der Waals surface area contributed by atoms with Crippen molar-refractivity contribution in [3.05, 3.63) is 48.4 Å². The number of carbonyl (C=O) groups is 1. The highest BCUT2D eigenvalue weighted by molar-refractivity contribution is 5.84. The standard InChI is InChI=1S/C16H18FN3O2/c1-16(2,3)22-15(21)20-13-8-9-14(18-10-13)19-12-6-4-11(17)5-7-12/h4-10H,1-3H3,(H,18,19)(H,20,21). The van der Waals surface area contributed by atoms with E-state index in [-0.39, 0.29) is 5.82 Å². The maximum atomic E-state index is 12.8. The van der Waals surface area contributed by atoms with Crippen LogP contribution in [0.15, 0.2) is 42.6 Å². The first-order valence-electron chi connectivity index (χ1n) is 6.80. The minimum Gasteiger partial charge on any atom is -0.444 e. The van der Waals surface area contributed by atoms with E-state index < -0.39 is 11.7 Å². The van der Waals surface area contributed by atoms with Crippen LogP contribution in [0.5, 0.6) is 0 Å². The van der Waals surface area contributed by atoms with Gasteiger partial charge in [-0.15, -0.1) is 0 Å². The Morgan fingerprint density at radius 1 is 1.09 bits per heavy atom. The third-order valence-corrected chi connectivity index (χ3v) is 2.53. The molecule has 0 aliphatic heterocycles. The van der Waals surface area contributed by atoms with E-state index >= 15 is 0 Å². The maximum absolute atomic E-state index is 12.8. The Balaban J connectivity index is 1.95. The highest BCUT2D eigenvalue weighted by atomic mass is 19.1. The number of nitrogens with one attached hydrogen (secondary N) is 2. The third-order valence-electron chi connectivity index (χ3n) is 2.53. The smallest absolute Gasteiger partial charge is 0.412 e. The number of halogens is 1. The van der Waals surface area contributed by atoms with Crippen molar-refractivity contribution in [3.8, 4) is 0 Å². The van der Waals surface area contributed by atoms with Crippen molar-refractivity contribution < 1.29 is 13.9 Å². The zero-order valence-electron chi connectivity index (χ0n) is 12.7. The second kappa shape index (κ2) is 6.43. The second-order valence-corrected chi connectivity index (χ2v) is 5.69. The molecular formula is C16H18FN3O2. The molecule has 0 atom stereocenters. The first-order chi connectivity index (χ1) is 10.3. The molecule has 1 aromatic heterocycles. The largest absolute Gasteiger partial charge is 0.444 e. The summed E-state index contributed by atoms with van der Waals surface area (Å²) in [7, 11) is 0. The number of hydrogen-bond donors (Lipinski definition) is 2. The molecule has 6 heteroatoms. The van der Waals surface area contributed by atoms with Gasteiger partial charge in [-0.25, -0.2) is 14.2 Å². The summed E-state index contributed by atoms with van der Waals surface area (Å²) < 4.78 is 18.0. The Bertz CT molecular complexity index is 634. The predicted octanol–water partition coefficient (Wildman–Crippen LogP) is 4.31. The molecule has 1 aromatic carbocycles. The van der Waals surface area contributed by atoms with Gasteiger partial charge in [-0.1, -0.05) is 0 Å². The summed E-state index contributed by atoms with van der Waals surface area (Å²) in [4.78, 5) is 15.8. The Kier molecular flexibility index (Phi) is 4.60. The second-order valence-electron chi connectivity index (χ2n) is 5.69. The van der Waals surface area contributed by atoms with Gasteiger partial charge in [-0.05, 0) is 57.2 Å². The van der Waals surface area contributed by atoms with Gasteiger partial charge in [0.1, 0.15) is 17.2 Å². The van der Waals surface area contributed by atoms with Gasteiger partial charge in [0.25, 0.3) is 0 Å². The van der Waals surface area contributed by atoms with Gasteiger partial charge in [0.05, 0.1) is 11.9 Å². The number of nitrogens with zero attached hydrogens (tertiary/aromatic N) is 1. The molecule has 0 saturated carbocycles. The van der Waals surface area contributed by atoms with Gasteiger partial charge in [-0.2, -0.15) is 0 Å². The van der Waals surface area contributed by atoms with Crippen molar-refractivity contribution in [3.63, 3.8) is 0 Å². The zero-order valence-corrected chi connectivity index (χ0v) is 12.7. The minimum absolute atomic E-state index is 0.296. The van der Waals surface area contributed by atoms with Gasteiger partial charge >= 0.3 is 6.09 Å². The van der Waals surface area contributed by atoms with Gasteiger partial charge < -0.3 is 10.1 Å². The van der Waals surface area contributed by atoms with E-state index in [2.05, 4.69) is 15.6 Å². The Hall–Kier alpha value is -2.63. The van der Waals surface area contributed by atoms with Gasteiger partial charge in [-0.3, -0.25) is 5.32 Å². The van der Waals surface area contributed by atoms with Gasteiger partial charge in [0.15, 0.2) is 0 Å². The highest BCUT2D eigenvalue weighted by Crippen LogP contribution is 2.17. The molecule has 0 spiro atoms. The Morgan fingerprint density at radius 3 is 2.27 bits per heavy atom. The monoisotopic (exact) mass is 303 g/mol. The molecule has 2 rings (SSSR count). The summed E-state index contributed by atoms with van der Waals surface area (Å²) in [5, 5.41) is 5.62. The number of rotatable bonds is 3. The lowest BCUT2D eigenvalue weighted by atomic mass is 10.2. The van der Waals surface area contributed by atoms with Crippen molar-refractivity contribution in [1.29, 1.82) is 0 Å². The van der Waals surface area contributed by atoms with E-state index in [1.807, 2.05) is 0 Å². The number of amides is 1. The summed E-state index contributed by atoms with van der Waals surface area (Å²) in [6, 6.07) is 9.36. The van der Waals surface area contributed by atoms with Crippen LogP contribution in [0.1, 0.15) is 20.8 Å². The van der Waals surface area contributed by atoms with E-state index in [4.69, 9.17) is 4.74 Å². The molecule has 1 amide bonds. The number of anilines is 3. The number of pyridine rings is 1. The van der Waals surface area contributed by atoms with E-state index in [0.29, 0.717) is 11.5 Å². The highest BCUT2D eigenvalue weighted by Gasteiger charge is 2.16. The number of hydrogen-bond acceptors (Lipinski definition) is 4. The van der Waals surface area contributed by atoms with Crippen LogP contribution in [-0.2, 0) is 4.74 Å². The van der Waals surface area contributed by atoms with Crippen molar-refractivity contribution in [1.82, 2.24) is 4.98 Å². The summed E-state index contributed by atoms with van der Waals surface area (Å²) in [6.45, 7) is 5.38. The fraction of sp³-hybridized carbons (Fsp3) is 0.250. The number of benzene rings is 1. The number of aromatic nitrogens is 1. The van der Waals surface area contributed by atoms with Crippen LogP contribution >= 0.6 is 0 Å². The van der Waals surface area contributed by atoms with Crippen LogP contribution < -0.4 is 10.6 Å². The van der Waals surface area contributed by atoms with Crippen molar-refractivity contribution in [2.75, 3.05) is 10.6 Å². The Labute approximate surface area is 128 Å². The SMILES string of the molecule is CC(C)(C)OC(=O)Nc1ccc(Nc2ccc(F)cc2)nc1. The molecule has 116 valence electrons. The fourth-order valence-electron chi connectivity index (χ4n) is 1.64. The minimum atomic E-state index is -0.554. The normalized spacial score (nSPS) is 10.9. The molecule has 0 bridgehead atoms. The first kappa shape index (κ1) is 15.8. The Morgan fingerprint density at radius 2 is 1.73 bits per heavy atom. The average molecular weight is 303 g/mol. The van der Waals surface area contributed by atoms with Crippen molar-refractivity contribution in [2.24, 2.45) is 0 Å². The molecular weight excluding hydrogens is 285 g/mol. The fourth-order valence-corrected chi connectivity index (χ4v) is 1.64. The van der Waals surface area contributed by atoms with Crippen molar-refractivity contribution in [2.45, 2.75) is 26.4 Å². The molecule has 5 nitrogen and oxygen atoms in total. The summed E-state index contributed by atoms with van der Waals surface area (Å²) >= 11 is 0. The van der Waals surface area contributed by atoms with Crippen LogP contribution in [-0.4, -0.2) is 16.7 Å². The van der Waals surface area contributed by atoms with Crippen LogP contribution in [0.2, 0.25) is 0 Å². The van der Waals surface area contributed by atoms with Crippen LogP contribution in [0.3, 0.4) is 0 Å². The van der Waals surface area contributed by atoms with Crippen LogP contribution in [0, 0.1) is 5.82 Å². The molecule has 0 fully saturated rings. The van der Waals surface area contributed by atoms with Crippen LogP contribution in [0.4, 0.5) is 26.4 Å². The third kappa shape index (κ3) is 5.05. The topological polar surface area (TPSA) is 63.2 Å². The zero-order chi connectivity index (χ0) is 16.2. The molecule has 0 saturated heterocycles. The molecule has 0 unspecified atom stereocenters. The molecule has 0 aliphatic carbocycles. The van der Waals surface area contributed by atoms with E-state index in [9.17, 15) is 9.18 Å². The molecule has 1 heterocycles. The summed E-state index contributed by atoms with van der Waals surface area (Å²) in [5.74, 6) is 0.289. The number of carbonyl (C=O) groups excluding carboxylic acids is 1. The maximum Gasteiger partial charge on any atom is 0.412 e. The predicted molar refractivity (Wildman–Crippen MR) is 83.8 cm³/mol. The van der Waals surface area contributed by atoms with Crippen LogP contribution in [0.25, 0.3) is 0 Å². The number of ether oxygens (including phenoxy) is 1. The lowest BCUT2D eigenvalue weighted by Crippen LogP contribution is -2.27. The summed E-state index contributed by atoms with van der Waals surface area (Å²) in [5.41, 5.74) is 0.697.